The molecule has 0 radical (unpaired) electrons. The molecule has 1 aliphatic heterocycles. The highest BCUT2D eigenvalue weighted by Gasteiger charge is 2.54. The van der Waals surface area contributed by atoms with Crippen LogP contribution in [0.5, 0.6) is 0 Å². The molecule has 2 fully saturated rings. The van der Waals surface area contributed by atoms with Gasteiger partial charge in [0, 0.05) is 17.6 Å². The van der Waals surface area contributed by atoms with Crippen LogP contribution in [0.25, 0.3) is 5.69 Å². The Hall–Kier alpha value is -1.80. The number of carboxylic acid groups (broad SMARTS) is 1. The maximum Gasteiger partial charge on any atom is 0.311 e. The number of benzene rings is 1. The second-order valence-electron chi connectivity index (χ2n) is 6.68. The Kier molecular flexibility index (Phi) is 3.88. The predicted molar refractivity (Wildman–Crippen MR) is 89.5 cm³/mol. The number of carboxylic acids is 1. The highest BCUT2D eigenvalue weighted by Crippen LogP contribution is 2.49. The van der Waals surface area contributed by atoms with Crippen molar-refractivity contribution >= 4 is 21.9 Å². The fourth-order valence-electron chi connectivity index (χ4n) is 4.18. The van der Waals surface area contributed by atoms with Gasteiger partial charge in [-0.1, -0.05) is 18.6 Å². The van der Waals surface area contributed by atoms with Crippen molar-refractivity contribution in [3.63, 3.8) is 0 Å². The Morgan fingerprint density at radius 3 is 3.00 bits per heavy atom. The molecule has 0 bridgehead atoms. The number of likely N-dealkylation sites (tertiary alicyclic amines) is 1. The molecule has 126 valence electrons. The molecule has 0 amide bonds. The molecule has 0 unspecified atom stereocenters. The number of tetrazole rings is 1. The lowest BCUT2D eigenvalue weighted by Crippen LogP contribution is -2.35. The SMILES string of the molecule is O=C(O)[C@@]12CCC[C@H]1CN(Cc1nnnn1-c1ccccc1Br)C2. The Morgan fingerprint density at radius 1 is 1.42 bits per heavy atom. The summed E-state index contributed by atoms with van der Waals surface area (Å²) >= 11 is 3.52. The summed E-state index contributed by atoms with van der Waals surface area (Å²) in [7, 11) is 0. The number of hydrogen-bond acceptors (Lipinski definition) is 5. The quantitative estimate of drug-likeness (QED) is 0.858. The van der Waals surface area contributed by atoms with Gasteiger partial charge in [-0.3, -0.25) is 9.69 Å². The van der Waals surface area contributed by atoms with Gasteiger partial charge in [-0.15, -0.1) is 5.10 Å². The second kappa shape index (κ2) is 5.93. The number of carbonyl (C=O) groups is 1. The normalized spacial score (nSPS) is 26.6. The van der Waals surface area contributed by atoms with E-state index in [1.165, 1.54) is 0 Å². The van der Waals surface area contributed by atoms with E-state index in [9.17, 15) is 9.90 Å². The molecule has 0 spiro atoms. The van der Waals surface area contributed by atoms with Crippen molar-refractivity contribution in [2.24, 2.45) is 11.3 Å². The lowest BCUT2D eigenvalue weighted by Gasteiger charge is -2.23. The van der Waals surface area contributed by atoms with Gasteiger partial charge in [0.15, 0.2) is 5.82 Å². The van der Waals surface area contributed by atoms with Crippen LogP contribution in [0, 0.1) is 11.3 Å². The first-order chi connectivity index (χ1) is 11.6. The minimum absolute atomic E-state index is 0.239. The van der Waals surface area contributed by atoms with Gasteiger partial charge in [0.05, 0.1) is 17.6 Å². The van der Waals surface area contributed by atoms with Gasteiger partial charge in [-0.25, -0.2) is 0 Å². The van der Waals surface area contributed by atoms with E-state index < -0.39 is 11.4 Å². The Morgan fingerprint density at radius 2 is 2.25 bits per heavy atom. The van der Waals surface area contributed by atoms with Gasteiger partial charge in [-0.05, 0) is 57.2 Å². The van der Waals surface area contributed by atoms with Gasteiger partial charge in [0.2, 0.25) is 0 Å². The average Bonchev–Trinajstić information content (AvgIpc) is 3.22. The third-order valence-electron chi connectivity index (χ3n) is 5.35. The Labute approximate surface area is 147 Å². The van der Waals surface area contributed by atoms with Crippen molar-refractivity contribution in [3.05, 3.63) is 34.6 Å². The van der Waals surface area contributed by atoms with E-state index in [0.717, 1.165) is 41.8 Å². The Balaban J connectivity index is 1.57. The van der Waals surface area contributed by atoms with Crippen LogP contribution in [0.15, 0.2) is 28.7 Å². The summed E-state index contributed by atoms with van der Waals surface area (Å²) in [5.74, 6) is 0.308. The van der Waals surface area contributed by atoms with Crippen molar-refractivity contribution in [1.82, 2.24) is 25.1 Å². The third kappa shape index (κ3) is 2.44. The summed E-state index contributed by atoms with van der Waals surface area (Å²) in [4.78, 5) is 14.0. The maximum absolute atomic E-state index is 11.8. The molecule has 7 nitrogen and oxygen atoms in total. The smallest absolute Gasteiger partial charge is 0.311 e. The van der Waals surface area contributed by atoms with Gasteiger partial charge in [0.1, 0.15) is 0 Å². The number of aliphatic carboxylic acids is 1. The lowest BCUT2D eigenvalue weighted by molar-refractivity contribution is -0.149. The van der Waals surface area contributed by atoms with Crippen LogP contribution in [0.1, 0.15) is 25.1 Å². The molecule has 1 N–H and O–H groups in total. The molecular formula is C16H18BrN5O2. The first-order valence-electron chi connectivity index (χ1n) is 8.08. The topological polar surface area (TPSA) is 84.1 Å². The average molecular weight is 392 g/mol. The zero-order valence-electron chi connectivity index (χ0n) is 13.1. The van der Waals surface area contributed by atoms with E-state index in [1.807, 2.05) is 24.3 Å². The van der Waals surface area contributed by atoms with Crippen molar-refractivity contribution in [2.75, 3.05) is 13.1 Å². The van der Waals surface area contributed by atoms with E-state index in [-0.39, 0.29) is 5.92 Å². The molecular weight excluding hydrogens is 374 g/mol. The molecule has 2 atom stereocenters. The van der Waals surface area contributed by atoms with Crippen molar-refractivity contribution in [2.45, 2.75) is 25.8 Å². The minimum Gasteiger partial charge on any atom is -0.481 e. The van der Waals surface area contributed by atoms with Gasteiger partial charge in [0.25, 0.3) is 0 Å². The molecule has 1 aromatic heterocycles. The highest BCUT2D eigenvalue weighted by molar-refractivity contribution is 9.10. The number of para-hydroxylation sites is 1. The summed E-state index contributed by atoms with van der Waals surface area (Å²) in [6.07, 6.45) is 2.79. The summed E-state index contributed by atoms with van der Waals surface area (Å²) in [6, 6.07) is 7.77. The first-order valence-corrected chi connectivity index (χ1v) is 8.87. The van der Waals surface area contributed by atoms with Crippen molar-refractivity contribution < 1.29 is 9.90 Å². The Bertz CT molecular complexity index is 779. The van der Waals surface area contributed by atoms with Crippen LogP contribution < -0.4 is 0 Å². The lowest BCUT2D eigenvalue weighted by atomic mass is 9.81. The van der Waals surface area contributed by atoms with Gasteiger partial charge < -0.3 is 5.11 Å². The molecule has 1 aliphatic carbocycles. The monoisotopic (exact) mass is 391 g/mol. The third-order valence-corrected chi connectivity index (χ3v) is 6.02. The summed E-state index contributed by atoms with van der Waals surface area (Å²) in [5, 5.41) is 21.8. The predicted octanol–water partition coefficient (Wildman–Crippen LogP) is 2.11. The number of aromatic nitrogens is 4. The van der Waals surface area contributed by atoms with Crippen LogP contribution in [0.2, 0.25) is 0 Å². The van der Waals surface area contributed by atoms with Crippen LogP contribution in [-0.4, -0.2) is 49.3 Å². The second-order valence-corrected chi connectivity index (χ2v) is 7.53. The van der Waals surface area contributed by atoms with Crippen LogP contribution in [0.3, 0.4) is 0 Å². The largest absolute Gasteiger partial charge is 0.481 e. The standard InChI is InChI=1S/C16H18BrN5O2/c17-12-5-1-2-6-13(12)22-14(18-19-20-22)9-21-8-11-4-3-7-16(11,10-21)15(23)24/h1-2,5-6,11H,3-4,7-10H2,(H,23,24)/t11-,16+/m0/s1. The van der Waals surface area contributed by atoms with E-state index in [4.69, 9.17) is 0 Å². The highest BCUT2D eigenvalue weighted by atomic mass is 79.9. The van der Waals surface area contributed by atoms with E-state index in [1.54, 1.807) is 4.68 Å². The molecule has 1 saturated carbocycles. The number of nitrogens with zero attached hydrogens (tertiary/aromatic N) is 5. The van der Waals surface area contributed by atoms with Crippen molar-refractivity contribution in [3.8, 4) is 5.69 Å². The summed E-state index contributed by atoms with van der Waals surface area (Å²) in [5.41, 5.74) is 0.302. The van der Waals surface area contributed by atoms with Crippen LogP contribution in [-0.2, 0) is 11.3 Å². The van der Waals surface area contributed by atoms with Gasteiger partial charge in [-0.2, -0.15) is 4.68 Å². The molecule has 1 aromatic carbocycles. The van der Waals surface area contributed by atoms with E-state index in [0.29, 0.717) is 13.1 Å². The fourth-order valence-corrected chi connectivity index (χ4v) is 4.63. The van der Waals surface area contributed by atoms with Gasteiger partial charge >= 0.3 is 5.97 Å². The van der Waals surface area contributed by atoms with E-state index in [2.05, 4.69) is 36.4 Å². The van der Waals surface area contributed by atoms with E-state index >= 15 is 0 Å². The van der Waals surface area contributed by atoms with Crippen molar-refractivity contribution in [1.29, 1.82) is 0 Å². The van der Waals surface area contributed by atoms with Crippen LogP contribution in [0.4, 0.5) is 0 Å². The first kappa shape index (κ1) is 15.7. The molecule has 1 saturated heterocycles. The zero-order valence-corrected chi connectivity index (χ0v) is 14.7. The molecule has 24 heavy (non-hydrogen) atoms. The molecule has 2 heterocycles. The maximum atomic E-state index is 11.8. The molecule has 8 heteroatoms. The fraction of sp³-hybridized carbons (Fsp3) is 0.500. The number of rotatable bonds is 4. The molecule has 4 rings (SSSR count). The summed E-state index contributed by atoms with van der Waals surface area (Å²) < 4.78 is 2.63. The zero-order chi connectivity index (χ0) is 16.7. The summed E-state index contributed by atoms with van der Waals surface area (Å²) in [6.45, 7) is 1.94. The minimum atomic E-state index is -0.655. The molecule has 2 aromatic rings. The van der Waals surface area contributed by atoms with Crippen LogP contribution >= 0.6 is 15.9 Å². The molecule has 2 aliphatic rings. The number of hydrogen-bond donors (Lipinski definition) is 1. The number of fused-ring (bicyclic) bond motifs is 1. The number of halogens is 1.